The molecule has 2 aliphatic heterocycles. The minimum Gasteiger partial charge on any atom is -0.381 e. The van der Waals surface area contributed by atoms with E-state index in [0.29, 0.717) is 11.7 Å². The zero-order chi connectivity index (χ0) is 14.3. The lowest BCUT2D eigenvalue weighted by Gasteiger charge is -2.23. The number of nitrogens with one attached hydrogen (secondary N) is 1. The third-order valence-corrected chi connectivity index (χ3v) is 4.50. The summed E-state index contributed by atoms with van der Waals surface area (Å²) in [5.74, 6) is 0. The van der Waals surface area contributed by atoms with Crippen LogP contribution in [0.1, 0.15) is 30.4 Å². The van der Waals surface area contributed by atoms with Gasteiger partial charge in [-0.1, -0.05) is 6.07 Å². The molecule has 110 valence electrons. The van der Waals surface area contributed by atoms with E-state index in [1.807, 2.05) is 0 Å². The van der Waals surface area contributed by atoms with Crippen molar-refractivity contribution in [1.82, 2.24) is 4.90 Å². The van der Waals surface area contributed by atoms with Gasteiger partial charge in [0.05, 0.1) is 5.56 Å². The number of anilines is 1. The second kappa shape index (κ2) is 4.95. The number of hydrogen-bond donors (Lipinski definition) is 1. The molecule has 0 aromatic heterocycles. The third-order valence-electron chi connectivity index (χ3n) is 4.50. The standard InChI is InChI=1S/C15H19F3N2/c1-10-4-5-11(9-12(10)15(16,17)18)19-13-6-8-20-7-2-3-14(13)20/h4-5,9,13-14,19H,2-3,6-8H2,1H3. The van der Waals surface area contributed by atoms with Gasteiger partial charge in [-0.3, -0.25) is 4.90 Å². The van der Waals surface area contributed by atoms with Crippen LogP contribution < -0.4 is 5.32 Å². The van der Waals surface area contributed by atoms with Crippen molar-refractivity contribution in [2.24, 2.45) is 0 Å². The summed E-state index contributed by atoms with van der Waals surface area (Å²) in [5.41, 5.74) is 0.322. The van der Waals surface area contributed by atoms with Crippen LogP contribution in [0.3, 0.4) is 0 Å². The zero-order valence-electron chi connectivity index (χ0n) is 11.5. The molecular weight excluding hydrogens is 265 g/mol. The van der Waals surface area contributed by atoms with E-state index < -0.39 is 11.7 Å². The topological polar surface area (TPSA) is 15.3 Å². The van der Waals surface area contributed by atoms with E-state index in [1.165, 1.54) is 19.4 Å². The van der Waals surface area contributed by atoms with Crippen molar-refractivity contribution in [3.8, 4) is 0 Å². The van der Waals surface area contributed by atoms with Crippen molar-refractivity contribution in [1.29, 1.82) is 0 Å². The van der Waals surface area contributed by atoms with Crippen molar-refractivity contribution >= 4 is 5.69 Å². The van der Waals surface area contributed by atoms with E-state index >= 15 is 0 Å². The van der Waals surface area contributed by atoms with Crippen LogP contribution in [0.15, 0.2) is 18.2 Å². The first-order chi connectivity index (χ1) is 9.45. The third kappa shape index (κ3) is 2.51. The largest absolute Gasteiger partial charge is 0.416 e. The predicted octanol–water partition coefficient (Wildman–Crippen LogP) is 3.66. The fraction of sp³-hybridized carbons (Fsp3) is 0.600. The van der Waals surface area contributed by atoms with Crippen molar-refractivity contribution in [3.63, 3.8) is 0 Å². The van der Waals surface area contributed by atoms with Gasteiger partial charge in [-0.05, 0) is 50.4 Å². The molecule has 3 rings (SSSR count). The first-order valence-corrected chi connectivity index (χ1v) is 7.13. The van der Waals surface area contributed by atoms with E-state index in [1.54, 1.807) is 12.1 Å². The fourth-order valence-corrected chi connectivity index (χ4v) is 3.48. The maximum atomic E-state index is 12.9. The second-order valence-corrected chi connectivity index (χ2v) is 5.81. The highest BCUT2D eigenvalue weighted by Crippen LogP contribution is 2.35. The summed E-state index contributed by atoms with van der Waals surface area (Å²) in [6.07, 6.45) is -0.920. The summed E-state index contributed by atoms with van der Waals surface area (Å²) in [5, 5.41) is 3.31. The highest BCUT2D eigenvalue weighted by atomic mass is 19.4. The summed E-state index contributed by atoms with van der Waals surface area (Å²) < 4.78 is 38.8. The zero-order valence-corrected chi connectivity index (χ0v) is 11.5. The SMILES string of the molecule is Cc1ccc(NC2CCN3CCCC23)cc1C(F)(F)F. The van der Waals surface area contributed by atoms with Gasteiger partial charge in [-0.2, -0.15) is 13.2 Å². The lowest BCUT2D eigenvalue weighted by molar-refractivity contribution is -0.138. The fourth-order valence-electron chi connectivity index (χ4n) is 3.48. The van der Waals surface area contributed by atoms with E-state index in [9.17, 15) is 13.2 Å². The summed E-state index contributed by atoms with van der Waals surface area (Å²) >= 11 is 0. The molecule has 1 N–H and O–H groups in total. The Morgan fingerprint density at radius 3 is 2.75 bits per heavy atom. The minimum atomic E-state index is -4.28. The molecule has 1 aromatic rings. The minimum absolute atomic E-state index is 0.275. The molecule has 2 fully saturated rings. The van der Waals surface area contributed by atoms with Crippen LogP contribution in [0, 0.1) is 6.92 Å². The number of benzene rings is 1. The Balaban J connectivity index is 1.78. The van der Waals surface area contributed by atoms with Gasteiger partial charge in [0.2, 0.25) is 0 Å². The Morgan fingerprint density at radius 1 is 1.20 bits per heavy atom. The first kappa shape index (κ1) is 13.7. The lowest BCUT2D eigenvalue weighted by atomic mass is 10.0. The van der Waals surface area contributed by atoms with Crippen molar-refractivity contribution in [3.05, 3.63) is 29.3 Å². The number of rotatable bonds is 2. The molecule has 2 aliphatic rings. The molecule has 0 radical (unpaired) electrons. The van der Waals surface area contributed by atoms with Crippen molar-refractivity contribution < 1.29 is 13.2 Å². The van der Waals surface area contributed by atoms with Gasteiger partial charge >= 0.3 is 6.18 Å². The maximum absolute atomic E-state index is 12.9. The molecule has 0 spiro atoms. The van der Waals surface area contributed by atoms with Gasteiger partial charge in [0, 0.05) is 24.3 Å². The van der Waals surface area contributed by atoms with Gasteiger partial charge in [0.25, 0.3) is 0 Å². The van der Waals surface area contributed by atoms with Gasteiger partial charge in [0.15, 0.2) is 0 Å². The second-order valence-electron chi connectivity index (χ2n) is 5.81. The highest BCUT2D eigenvalue weighted by molar-refractivity contribution is 5.50. The Kier molecular flexibility index (Phi) is 3.40. The molecule has 2 saturated heterocycles. The molecule has 1 aromatic carbocycles. The van der Waals surface area contributed by atoms with Crippen LogP contribution in [0.5, 0.6) is 0 Å². The van der Waals surface area contributed by atoms with Crippen LogP contribution in [0.4, 0.5) is 18.9 Å². The van der Waals surface area contributed by atoms with Crippen LogP contribution in [-0.4, -0.2) is 30.1 Å². The summed E-state index contributed by atoms with van der Waals surface area (Å²) in [7, 11) is 0. The molecule has 20 heavy (non-hydrogen) atoms. The first-order valence-electron chi connectivity index (χ1n) is 7.13. The molecule has 5 heteroatoms. The summed E-state index contributed by atoms with van der Waals surface area (Å²) in [6.45, 7) is 3.69. The number of halogens is 3. The molecular formula is C15H19F3N2. The quantitative estimate of drug-likeness (QED) is 0.891. The van der Waals surface area contributed by atoms with Gasteiger partial charge < -0.3 is 5.32 Å². The van der Waals surface area contributed by atoms with Crippen LogP contribution in [0.25, 0.3) is 0 Å². The molecule has 0 bridgehead atoms. The number of fused-ring (bicyclic) bond motifs is 1. The van der Waals surface area contributed by atoms with Crippen LogP contribution in [-0.2, 0) is 6.18 Å². The van der Waals surface area contributed by atoms with Gasteiger partial charge in [-0.15, -0.1) is 0 Å². The molecule has 2 nitrogen and oxygen atoms in total. The van der Waals surface area contributed by atoms with Crippen molar-refractivity contribution in [2.45, 2.75) is 44.4 Å². The molecule has 0 aliphatic carbocycles. The molecule has 2 heterocycles. The molecule has 2 atom stereocenters. The number of hydrogen-bond acceptors (Lipinski definition) is 2. The number of aryl methyl sites for hydroxylation is 1. The maximum Gasteiger partial charge on any atom is 0.416 e. The average molecular weight is 284 g/mol. The van der Waals surface area contributed by atoms with E-state index in [-0.39, 0.29) is 11.6 Å². The Hall–Kier alpha value is -1.23. The Morgan fingerprint density at radius 2 is 2.00 bits per heavy atom. The monoisotopic (exact) mass is 284 g/mol. The lowest BCUT2D eigenvalue weighted by Crippen LogP contribution is -2.33. The number of nitrogens with zero attached hydrogens (tertiary/aromatic N) is 1. The van der Waals surface area contributed by atoms with Gasteiger partial charge in [-0.25, -0.2) is 0 Å². The molecule has 0 saturated carbocycles. The average Bonchev–Trinajstić information content (AvgIpc) is 2.95. The molecule has 0 amide bonds. The summed E-state index contributed by atoms with van der Waals surface area (Å²) in [6, 6.07) is 5.31. The number of alkyl halides is 3. The Bertz CT molecular complexity index is 498. The molecule has 2 unspecified atom stereocenters. The summed E-state index contributed by atoms with van der Waals surface area (Å²) in [4.78, 5) is 2.44. The van der Waals surface area contributed by atoms with Crippen LogP contribution >= 0.6 is 0 Å². The van der Waals surface area contributed by atoms with E-state index in [4.69, 9.17) is 0 Å². The highest BCUT2D eigenvalue weighted by Gasteiger charge is 2.37. The van der Waals surface area contributed by atoms with E-state index in [0.717, 1.165) is 25.9 Å². The van der Waals surface area contributed by atoms with E-state index in [2.05, 4.69) is 10.2 Å². The predicted molar refractivity (Wildman–Crippen MR) is 72.8 cm³/mol. The van der Waals surface area contributed by atoms with Crippen molar-refractivity contribution in [2.75, 3.05) is 18.4 Å². The van der Waals surface area contributed by atoms with Crippen LogP contribution in [0.2, 0.25) is 0 Å². The smallest absolute Gasteiger partial charge is 0.381 e. The normalized spacial score (nSPS) is 26.8. The Labute approximate surface area is 117 Å². The van der Waals surface area contributed by atoms with Gasteiger partial charge in [0.1, 0.15) is 0 Å².